The molecule has 1 aliphatic carbocycles. The maximum absolute atomic E-state index is 5.88. The van der Waals surface area contributed by atoms with E-state index in [1.807, 2.05) is 47.4 Å². The summed E-state index contributed by atoms with van der Waals surface area (Å²) in [6.45, 7) is 0.587. The third-order valence-corrected chi connectivity index (χ3v) is 4.78. The van der Waals surface area contributed by atoms with Gasteiger partial charge in [0.1, 0.15) is 11.6 Å². The Kier molecular flexibility index (Phi) is 4.64. The zero-order chi connectivity index (χ0) is 18.8. The standard InChI is InChI=1S/C19H23N7O/c1-27-16-4-2-3-15(7-16)26-11-12(10-23-26)9-22-18-8-17(24-19(21)25-18)13-5-14(20)6-13/h2-4,7-8,10-11,13-14H,5-6,9,20H2,1H3,(H3,21,22,24,25). The minimum atomic E-state index is 0.269. The van der Waals surface area contributed by atoms with Crippen molar-refractivity contribution in [3.8, 4) is 11.4 Å². The average Bonchev–Trinajstić information content (AvgIpc) is 3.12. The zero-order valence-electron chi connectivity index (χ0n) is 15.2. The number of nitrogens with zero attached hydrogens (tertiary/aromatic N) is 4. The average molecular weight is 365 g/mol. The molecule has 3 aromatic rings. The zero-order valence-corrected chi connectivity index (χ0v) is 15.2. The number of aromatic nitrogens is 4. The van der Waals surface area contributed by atoms with Crippen LogP contribution in [0.3, 0.4) is 0 Å². The summed E-state index contributed by atoms with van der Waals surface area (Å²) in [7, 11) is 1.65. The monoisotopic (exact) mass is 365 g/mol. The molecular formula is C19H23N7O. The highest BCUT2D eigenvalue weighted by molar-refractivity contribution is 5.43. The predicted octanol–water partition coefficient (Wildman–Crippen LogP) is 2.07. The Morgan fingerprint density at radius 2 is 2.11 bits per heavy atom. The van der Waals surface area contributed by atoms with E-state index < -0.39 is 0 Å². The Morgan fingerprint density at radius 3 is 2.89 bits per heavy atom. The number of ether oxygens (including phenoxy) is 1. The summed E-state index contributed by atoms with van der Waals surface area (Å²) >= 11 is 0. The fraction of sp³-hybridized carbons (Fsp3) is 0.316. The first-order valence-electron chi connectivity index (χ1n) is 8.92. The van der Waals surface area contributed by atoms with E-state index in [4.69, 9.17) is 16.2 Å². The summed E-state index contributed by atoms with van der Waals surface area (Å²) in [6, 6.07) is 9.98. The van der Waals surface area contributed by atoms with Crippen molar-refractivity contribution in [1.29, 1.82) is 0 Å². The Labute approximate surface area is 157 Å². The number of nitrogens with two attached hydrogens (primary N) is 2. The first-order valence-corrected chi connectivity index (χ1v) is 8.92. The molecule has 4 rings (SSSR count). The van der Waals surface area contributed by atoms with Crippen LogP contribution in [0.1, 0.15) is 30.0 Å². The number of nitrogens with one attached hydrogen (secondary N) is 1. The molecule has 0 spiro atoms. The van der Waals surface area contributed by atoms with Gasteiger partial charge in [0, 0.05) is 42.4 Å². The van der Waals surface area contributed by atoms with Gasteiger partial charge in [-0.1, -0.05) is 6.07 Å². The molecule has 0 bridgehead atoms. The van der Waals surface area contributed by atoms with Crippen LogP contribution >= 0.6 is 0 Å². The molecule has 0 radical (unpaired) electrons. The third kappa shape index (κ3) is 3.85. The number of hydrogen-bond acceptors (Lipinski definition) is 7. The van der Waals surface area contributed by atoms with Gasteiger partial charge in [0.15, 0.2) is 0 Å². The molecule has 1 aromatic carbocycles. The van der Waals surface area contributed by atoms with Crippen molar-refractivity contribution in [2.75, 3.05) is 18.2 Å². The predicted molar refractivity (Wildman–Crippen MR) is 104 cm³/mol. The SMILES string of the molecule is COc1cccc(-n2cc(CNc3cc(C4CC(N)C4)nc(N)n3)cn2)c1. The Hall–Kier alpha value is -3.13. The van der Waals surface area contributed by atoms with Gasteiger partial charge in [-0.25, -0.2) is 9.67 Å². The molecule has 0 aliphatic heterocycles. The number of anilines is 2. The van der Waals surface area contributed by atoms with Gasteiger partial charge < -0.3 is 21.5 Å². The quantitative estimate of drug-likeness (QED) is 0.612. The van der Waals surface area contributed by atoms with E-state index in [1.165, 1.54) is 0 Å². The van der Waals surface area contributed by atoms with Crippen LogP contribution in [0.15, 0.2) is 42.7 Å². The largest absolute Gasteiger partial charge is 0.497 e. The highest BCUT2D eigenvalue weighted by Crippen LogP contribution is 2.35. The number of benzene rings is 1. The summed E-state index contributed by atoms with van der Waals surface area (Å²) in [5.41, 5.74) is 14.7. The normalized spacial score (nSPS) is 18.7. The lowest BCUT2D eigenvalue weighted by atomic mass is 9.78. The molecule has 2 aromatic heterocycles. The molecule has 0 atom stereocenters. The van der Waals surface area contributed by atoms with Gasteiger partial charge in [-0.3, -0.25) is 0 Å². The summed E-state index contributed by atoms with van der Waals surface area (Å²) in [6.07, 6.45) is 5.69. The second-order valence-electron chi connectivity index (χ2n) is 6.81. The lowest BCUT2D eigenvalue weighted by Crippen LogP contribution is -2.35. The fourth-order valence-corrected chi connectivity index (χ4v) is 3.23. The van der Waals surface area contributed by atoms with E-state index in [1.54, 1.807) is 7.11 Å². The third-order valence-electron chi connectivity index (χ3n) is 4.78. The van der Waals surface area contributed by atoms with Crippen LogP contribution in [0, 0.1) is 0 Å². The molecule has 0 saturated heterocycles. The van der Waals surface area contributed by atoms with E-state index in [2.05, 4.69) is 20.4 Å². The fourth-order valence-electron chi connectivity index (χ4n) is 3.23. The van der Waals surface area contributed by atoms with Gasteiger partial charge in [-0.2, -0.15) is 10.1 Å². The van der Waals surface area contributed by atoms with Crippen molar-refractivity contribution in [3.63, 3.8) is 0 Å². The molecular weight excluding hydrogens is 342 g/mol. The van der Waals surface area contributed by atoms with E-state index in [9.17, 15) is 0 Å². The molecule has 1 aliphatic rings. The van der Waals surface area contributed by atoms with Crippen molar-refractivity contribution in [1.82, 2.24) is 19.7 Å². The molecule has 5 N–H and O–H groups in total. The smallest absolute Gasteiger partial charge is 0.222 e. The summed E-state index contributed by atoms with van der Waals surface area (Å²) < 4.78 is 7.08. The van der Waals surface area contributed by atoms with Crippen molar-refractivity contribution in [3.05, 3.63) is 54.0 Å². The number of nitrogen functional groups attached to an aromatic ring is 1. The summed E-state index contributed by atoms with van der Waals surface area (Å²) in [4.78, 5) is 8.63. The van der Waals surface area contributed by atoms with Gasteiger partial charge in [0.25, 0.3) is 0 Å². The van der Waals surface area contributed by atoms with Crippen LogP contribution in [0.25, 0.3) is 5.69 Å². The topological polar surface area (TPSA) is 117 Å². The Morgan fingerprint density at radius 1 is 1.26 bits per heavy atom. The maximum atomic E-state index is 5.88. The van der Waals surface area contributed by atoms with E-state index in [0.717, 1.165) is 35.5 Å². The van der Waals surface area contributed by atoms with Gasteiger partial charge in [-0.15, -0.1) is 0 Å². The molecule has 27 heavy (non-hydrogen) atoms. The minimum absolute atomic E-state index is 0.269. The molecule has 8 heteroatoms. The first-order chi connectivity index (χ1) is 13.1. The lowest BCUT2D eigenvalue weighted by molar-refractivity contribution is 0.345. The number of hydrogen-bond donors (Lipinski definition) is 3. The second-order valence-corrected chi connectivity index (χ2v) is 6.81. The van der Waals surface area contributed by atoms with E-state index in [-0.39, 0.29) is 12.0 Å². The second kappa shape index (κ2) is 7.24. The Bertz CT molecular complexity index is 933. The van der Waals surface area contributed by atoms with E-state index >= 15 is 0 Å². The minimum Gasteiger partial charge on any atom is -0.497 e. The first kappa shape index (κ1) is 17.3. The highest BCUT2D eigenvalue weighted by Gasteiger charge is 2.29. The lowest BCUT2D eigenvalue weighted by Gasteiger charge is -2.32. The van der Waals surface area contributed by atoms with Crippen LogP contribution in [-0.4, -0.2) is 32.9 Å². The van der Waals surface area contributed by atoms with Crippen LogP contribution in [0.4, 0.5) is 11.8 Å². The van der Waals surface area contributed by atoms with Crippen molar-refractivity contribution in [2.45, 2.75) is 31.3 Å². The van der Waals surface area contributed by atoms with Crippen LogP contribution in [0.2, 0.25) is 0 Å². The number of methoxy groups -OCH3 is 1. The van der Waals surface area contributed by atoms with E-state index in [0.29, 0.717) is 18.3 Å². The van der Waals surface area contributed by atoms with Gasteiger partial charge in [0.2, 0.25) is 5.95 Å². The van der Waals surface area contributed by atoms with Gasteiger partial charge in [0.05, 0.1) is 24.7 Å². The number of rotatable bonds is 6. The molecule has 0 amide bonds. The highest BCUT2D eigenvalue weighted by atomic mass is 16.5. The molecule has 2 heterocycles. The van der Waals surface area contributed by atoms with Crippen LogP contribution in [-0.2, 0) is 6.54 Å². The van der Waals surface area contributed by atoms with Crippen molar-refractivity contribution in [2.24, 2.45) is 5.73 Å². The molecule has 1 fully saturated rings. The molecule has 0 unspecified atom stereocenters. The van der Waals surface area contributed by atoms with Crippen molar-refractivity contribution < 1.29 is 4.74 Å². The molecule has 140 valence electrons. The van der Waals surface area contributed by atoms with Gasteiger partial charge >= 0.3 is 0 Å². The maximum Gasteiger partial charge on any atom is 0.222 e. The Balaban J connectivity index is 1.44. The van der Waals surface area contributed by atoms with Gasteiger partial charge in [-0.05, 0) is 25.0 Å². The summed E-state index contributed by atoms with van der Waals surface area (Å²) in [5, 5.41) is 7.72. The van der Waals surface area contributed by atoms with Crippen molar-refractivity contribution >= 4 is 11.8 Å². The molecule has 8 nitrogen and oxygen atoms in total. The summed E-state index contributed by atoms with van der Waals surface area (Å²) in [5.74, 6) is 2.17. The molecule has 1 saturated carbocycles. The van der Waals surface area contributed by atoms with Crippen LogP contribution < -0.4 is 21.5 Å². The van der Waals surface area contributed by atoms with Crippen LogP contribution in [0.5, 0.6) is 5.75 Å².